The first-order valence-corrected chi connectivity index (χ1v) is 12.5. The first kappa shape index (κ1) is 26.9. The molecule has 0 radical (unpaired) electrons. The van der Waals surface area contributed by atoms with E-state index in [9.17, 15) is 9.90 Å². The fourth-order valence-electron chi connectivity index (χ4n) is 3.79. The van der Waals surface area contributed by atoms with E-state index in [-0.39, 0.29) is 12.2 Å². The summed E-state index contributed by atoms with van der Waals surface area (Å²) in [5, 5.41) is 14.9. The monoisotopic (exact) mass is 518 g/mol. The quantitative estimate of drug-likeness (QED) is 0.372. The van der Waals surface area contributed by atoms with Gasteiger partial charge in [0.25, 0.3) is 5.56 Å². The van der Waals surface area contributed by atoms with E-state index in [0.717, 1.165) is 18.4 Å². The summed E-state index contributed by atoms with van der Waals surface area (Å²) in [6.07, 6.45) is 1.93. The highest BCUT2D eigenvalue weighted by molar-refractivity contribution is 6.39. The van der Waals surface area contributed by atoms with Gasteiger partial charge in [-0.1, -0.05) is 48.7 Å². The Labute approximate surface area is 216 Å². The molecule has 0 aliphatic rings. The topological polar surface area (TPSA) is 70.8 Å². The zero-order chi connectivity index (χ0) is 25.5. The summed E-state index contributed by atoms with van der Waals surface area (Å²) in [5.41, 5.74) is 2.51. The van der Waals surface area contributed by atoms with Crippen LogP contribution < -0.4 is 20.1 Å². The second kappa shape index (κ2) is 12.3. The molecule has 9 heteroatoms. The Morgan fingerprint density at radius 3 is 2.51 bits per heavy atom. The van der Waals surface area contributed by atoms with Gasteiger partial charge in [-0.15, -0.1) is 0 Å². The van der Waals surface area contributed by atoms with E-state index in [1.165, 1.54) is 4.68 Å². The number of unbranched alkanes of at least 4 members (excludes halogenated alkanes) is 1. The van der Waals surface area contributed by atoms with Gasteiger partial charge in [-0.2, -0.15) is 9.78 Å². The number of ether oxygens (including phenoxy) is 1. The van der Waals surface area contributed by atoms with Crippen LogP contribution >= 0.6 is 23.2 Å². The molecule has 7 nitrogen and oxygen atoms in total. The molecule has 0 aliphatic carbocycles. The Kier molecular flexibility index (Phi) is 9.43. The first-order valence-electron chi connectivity index (χ1n) is 11.7. The highest BCUT2D eigenvalue weighted by Crippen LogP contribution is 2.37. The van der Waals surface area contributed by atoms with Crippen molar-refractivity contribution < 1.29 is 9.84 Å². The van der Waals surface area contributed by atoms with Gasteiger partial charge in [0.1, 0.15) is 17.1 Å². The van der Waals surface area contributed by atoms with Crippen molar-refractivity contribution >= 4 is 34.6 Å². The van der Waals surface area contributed by atoms with Crippen LogP contribution in [0.2, 0.25) is 10.0 Å². The normalized spacial score (nSPS) is 10.9. The smallest absolute Gasteiger partial charge is 0.295 e. The van der Waals surface area contributed by atoms with Crippen LogP contribution in [0.5, 0.6) is 5.75 Å². The van der Waals surface area contributed by atoms with Crippen LogP contribution in [0.4, 0.5) is 11.4 Å². The number of hydrogen-bond acceptors (Lipinski definition) is 6. The number of aliphatic hydroxyl groups excluding tert-OH is 1. The molecule has 0 saturated carbocycles. The lowest BCUT2D eigenvalue weighted by Crippen LogP contribution is -2.31. The minimum Gasteiger partial charge on any atom is -0.497 e. The number of aromatic nitrogens is 2. The molecule has 3 aromatic rings. The number of nitrogens with zero attached hydrogens (tertiary/aromatic N) is 4. The molecule has 0 unspecified atom stereocenters. The molecule has 1 N–H and O–H groups in total. The van der Waals surface area contributed by atoms with Crippen molar-refractivity contribution in [1.82, 2.24) is 9.78 Å². The van der Waals surface area contributed by atoms with Gasteiger partial charge < -0.3 is 19.6 Å². The summed E-state index contributed by atoms with van der Waals surface area (Å²) >= 11 is 13.5. The molecule has 2 aromatic carbocycles. The summed E-state index contributed by atoms with van der Waals surface area (Å²) in [6.45, 7) is 5.80. The fourth-order valence-corrected chi connectivity index (χ4v) is 4.44. The predicted octanol–water partition coefficient (Wildman–Crippen LogP) is 5.27. The lowest BCUT2D eigenvalue weighted by Gasteiger charge is -2.26. The molecule has 35 heavy (non-hydrogen) atoms. The molecule has 0 fully saturated rings. The Hall–Kier alpha value is -2.74. The second-order valence-corrected chi connectivity index (χ2v) is 8.96. The van der Waals surface area contributed by atoms with E-state index in [1.54, 1.807) is 19.2 Å². The zero-order valence-corrected chi connectivity index (χ0v) is 22.1. The predicted molar refractivity (Wildman–Crippen MR) is 145 cm³/mol. The van der Waals surface area contributed by atoms with Gasteiger partial charge in [-0.05, 0) is 43.7 Å². The van der Waals surface area contributed by atoms with Crippen LogP contribution in [0.15, 0.2) is 47.3 Å². The lowest BCUT2D eigenvalue weighted by molar-refractivity contribution is 0.301. The number of methoxy groups -OCH3 is 1. The highest BCUT2D eigenvalue weighted by Gasteiger charge is 2.22. The summed E-state index contributed by atoms with van der Waals surface area (Å²) in [6, 6.07) is 12.8. The van der Waals surface area contributed by atoms with Crippen molar-refractivity contribution in [2.75, 3.05) is 50.2 Å². The largest absolute Gasteiger partial charge is 0.497 e. The number of benzene rings is 2. The van der Waals surface area contributed by atoms with Crippen LogP contribution in [0, 0.1) is 0 Å². The average molecular weight is 519 g/mol. The van der Waals surface area contributed by atoms with E-state index in [0.29, 0.717) is 58.2 Å². The zero-order valence-electron chi connectivity index (χ0n) is 20.6. The van der Waals surface area contributed by atoms with E-state index >= 15 is 0 Å². The van der Waals surface area contributed by atoms with Crippen LogP contribution in [0.1, 0.15) is 26.7 Å². The van der Waals surface area contributed by atoms with Crippen molar-refractivity contribution in [1.29, 1.82) is 0 Å². The molecule has 1 heterocycles. The number of aliphatic hydroxyl groups is 1. The lowest BCUT2D eigenvalue weighted by atomic mass is 10.1. The van der Waals surface area contributed by atoms with Gasteiger partial charge >= 0.3 is 0 Å². The molecule has 0 bridgehead atoms. The van der Waals surface area contributed by atoms with E-state index in [4.69, 9.17) is 27.9 Å². The molecular weight excluding hydrogens is 487 g/mol. The number of anilines is 2. The third kappa shape index (κ3) is 5.92. The van der Waals surface area contributed by atoms with Crippen LogP contribution in [-0.4, -0.2) is 55.3 Å². The molecule has 0 saturated heterocycles. The van der Waals surface area contributed by atoms with Crippen LogP contribution in [0.25, 0.3) is 16.9 Å². The fraction of sp³-hybridized carbons (Fsp3) is 0.385. The molecule has 0 amide bonds. The Morgan fingerprint density at radius 2 is 1.86 bits per heavy atom. The number of halogens is 2. The number of rotatable bonds is 11. The van der Waals surface area contributed by atoms with E-state index in [2.05, 4.69) is 12.0 Å². The molecule has 0 spiro atoms. The van der Waals surface area contributed by atoms with Crippen molar-refractivity contribution in [3.63, 3.8) is 0 Å². The molecule has 188 valence electrons. The molecule has 3 rings (SSSR count). The molecule has 1 aromatic heterocycles. The van der Waals surface area contributed by atoms with E-state index < -0.39 is 0 Å². The third-order valence-electron chi connectivity index (χ3n) is 5.89. The summed E-state index contributed by atoms with van der Waals surface area (Å²) < 4.78 is 6.65. The Morgan fingerprint density at radius 1 is 1.09 bits per heavy atom. The summed E-state index contributed by atoms with van der Waals surface area (Å²) in [4.78, 5) is 17.5. The Bertz CT molecular complexity index is 1220. The maximum atomic E-state index is 13.6. The van der Waals surface area contributed by atoms with Crippen LogP contribution in [0.3, 0.4) is 0 Å². The summed E-state index contributed by atoms with van der Waals surface area (Å²) in [7, 11) is 3.45. The number of hydrogen-bond donors (Lipinski definition) is 1. The maximum Gasteiger partial charge on any atom is 0.295 e. The first-order chi connectivity index (χ1) is 16.9. The second-order valence-electron chi connectivity index (χ2n) is 8.17. The van der Waals surface area contributed by atoms with Crippen molar-refractivity contribution in [2.24, 2.45) is 0 Å². The Balaban J connectivity index is 2.27. The van der Waals surface area contributed by atoms with Crippen LogP contribution in [-0.2, 0) is 0 Å². The SMILES string of the molecule is CCCCN(CCO)c1ccc(Cl)c(-n2nc(-c3cccc(OC)c3)cc(N(C)CC)c2=O)c1Cl. The summed E-state index contributed by atoms with van der Waals surface area (Å²) in [5.74, 6) is 0.682. The standard InChI is InChI=1S/C26H32Cl2N4O3/c1-5-7-13-31(14-15-33)22-12-11-20(27)25(24(22)28)32-26(34)23(30(3)6-2)17-21(29-32)18-9-8-10-19(16-18)35-4/h8-12,16-17,33H,5-7,13-15H2,1-4H3. The minimum absolute atomic E-state index is 0.0209. The van der Waals surface area contributed by atoms with Crippen molar-refractivity contribution in [3.05, 3.63) is 62.9 Å². The van der Waals surface area contributed by atoms with Crippen molar-refractivity contribution in [2.45, 2.75) is 26.7 Å². The average Bonchev–Trinajstić information content (AvgIpc) is 2.87. The van der Waals surface area contributed by atoms with Crippen molar-refractivity contribution in [3.8, 4) is 22.7 Å². The van der Waals surface area contributed by atoms with Gasteiger partial charge in [0.05, 0.1) is 35.1 Å². The van der Waals surface area contributed by atoms with Gasteiger partial charge in [0, 0.05) is 32.2 Å². The van der Waals surface area contributed by atoms with E-state index in [1.807, 2.05) is 54.1 Å². The van der Waals surface area contributed by atoms with Gasteiger partial charge in [0.15, 0.2) is 0 Å². The molecule has 0 atom stereocenters. The molecule has 0 aliphatic heterocycles. The third-order valence-corrected chi connectivity index (χ3v) is 6.57. The highest BCUT2D eigenvalue weighted by atomic mass is 35.5. The molecular formula is C26H32Cl2N4O3. The van der Waals surface area contributed by atoms with Gasteiger partial charge in [-0.3, -0.25) is 4.79 Å². The minimum atomic E-state index is -0.329. The van der Waals surface area contributed by atoms with Gasteiger partial charge in [-0.25, -0.2) is 0 Å². The van der Waals surface area contributed by atoms with Gasteiger partial charge in [0.2, 0.25) is 0 Å². The maximum absolute atomic E-state index is 13.6.